The number of ether oxygens (including phenoxy) is 3. The van der Waals surface area contributed by atoms with Crippen molar-refractivity contribution in [2.75, 3.05) is 26.5 Å². The van der Waals surface area contributed by atoms with E-state index in [9.17, 15) is 4.39 Å². The summed E-state index contributed by atoms with van der Waals surface area (Å²) in [4.78, 5) is 4.68. The van der Waals surface area contributed by atoms with Gasteiger partial charge in [0.05, 0.1) is 19.8 Å². The Hall–Kier alpha value is -2.07. The van der Waals surface area contributed by atoms with Crippen LogP contribution in [0.25, 0.3) is 0 Å². The number of aryl methyl sites for hydroxylation is 1. The van der Waals surface area contributed by atoms with Gasteiger partial charge < -0.3 is 24.8 Å². The number of nitrogens with one attached hydrogen (secondary N) is 2. The zero-order valence-electron chi connectivity index (χ0n) is 18.3. The van der Waals surface area contributed by atoms with Gasteiger partial charge in [-0.15, -0.1) is 24.0 Å². The molecule has 2 aromatic rings. The van der Waals surface area contributed by atoms with E-state index in [0.717, 1.165) is 40.3 Å². The SMILES string of the molecule is CCNC(=NCc1ccc(C)cc1OCC)NCCc1cc(F)cc2c1OCOC2.I. The Morgan fingerprint density at radius 2 is 2.00 bits per heavy atom. The number of halogens is 2. The quantitative estimate of drug-likeness (QED) is 0.295. The zero-order chi connectivity index (χ0) is 21.3. The van der Waals surface area contributed by atoms with Crippen molar-refractivity contribution in [2.45, 2.75) is 40.3 Å². The third kappa shape index (κ3) is 7.24. The number of guanidine groups is 1. The summed E-state index contributed by atoms with van der Waals surface area (Å²) in [7, 11) is 0. The van der Waals surface area contributed by atoms with Gasteiger partial charge in [0, 0.05) is 24.2 Å². The molecule has 0 saturated heterocycles. The van der Waals surface area contributed by atoms with Crippen LogP contribution in [0.5, 0.6) is 11.5 Å². The van der Waals surface area contributed by atoms with Crippen molar-refractivity contribution in [3.8, 4) is 11.5 Å². The van der Waals surface area contributed by atoms with E-state index < -0.39 is 0 Å². The van der Waals surface area contributed by atoms with Crippen molar-refractivity contribution < 1.29 is 18.6 Å². The largest absolute Gasteiger partial charge is 0.494 e. The van der Waals surface area contributed by atoms with Crippen LogP contribution in [0.3, 0.4) is 0 Å². The summed E-state index contributed by atoms with van der Waals surface area (Å²) in [5.74, 6) is 2.02. The molecule has 0 saturated carbocycles. The van der Waals surface area contributed by atoms with Crippen LogP contribution in [0.15, 0.2) is 35.3 Å². The van der Waals surface area contributed by atoms with Crippen molar-refractivity contribution in [1.82, 2.24) is 10.6 Å². The molecule has 0 aliphatic carbocycles. The Morgan fingerprint density at radius 1 is 1.16 bits per heavy atom. The minimum absolute atomic E-state index is 0. The topological polar surface area (TPSA) is 64.1 Å². The highest BCUT2D eigenvalue weighted by Crippen LogP contribution is 2.29. The molecule has 2 N–H and O–H groups in total. The first kappa shape index (κ1) is 25.2. The van der Waals surface area contributed by atoms with Crippen molar-refractivity contribution in [2.24, 2.45) is 4.99 Å². The predicted molar refractivity (Wildman–Crippen MR) is 131 cm³/mol. The summed E-state index contributed by atoms with van der Waals surface area (Å²) in [6.07, 6.45) is 0.610. The fourth-order valence-electron chi connectivity index (χ4n) is 3.35. The monoisotopic (exact) mass is 543 g/mol. The van der Waals surface area contributed by atoms with E-state index in [1.54, 1.807) is 0 Å². The standard InChI is InChI=1S/C23H30FN3O3.HI/c1-4-25-23(27-13-18-7-6-16(3)10-21(18)29-5-2)26-9-8-17-11-20(24)12-19-14-28-15-30-22(17)19;/h6-7,10-12H,4-5,8-9,13-15H2,1-3H3,(H2,25,26,27);1H. The molecule has 6 nitrogen and oxygen atoms in total. The van der Waals surface area contributed by atoms with Gasteiger partial charge in [-0.05, 0) is 56.5 Å². The van der Waals surface area contributed by atoms with Crippen LogP contribution in [-0.4, -0.2) is 32.4 Å². The molecule has 0 spiro atoms. The van der Waals surface area contributed by atoms with Gasteiger partial charge in [-0.25, -0.2) is 9.38 Å². The van der Waals surface area contributed by atoms with Crippen LogP contribution in [0.2, 0.25) is 0 Å². The second-order valence-electron chi connectivity index (χ2n) is 7.08. The van der Waals surface area contributed by atoms with Crippen LogP contribution in [0, 0.1) is 12.7 Å². The van der Waals surface area contributed by atoms with Crippen LogP contribution < -0.4 is 20.1 Å². The third-order valence-electron chi connectivity index (χ3n) is 4.71. The lowest BCUT2D eigenvalue weighted by molar-refractivity contribution is -0.0172. The highest BCUT2D eigenvalue weighted by atomic mass is 127. The second kappa shape index (κ2) is 12.7. The molecule has 0 aromatic heterocycles. The minimum Gasteiger partial charge on any atom is -0.494 e. The Kier molecular flexibility index (Phi) is 10.3. The predicted octanol–water partition coefficient (Wildman–Crippen LogP) is 4.32. The summed E-state index contributed by atoms with van der Waals surface area (Å²) in [5, 5.41) is 6.57. The molecule has 1 aliphatic heterocycles. The normalized spacial score (nSPS) is 13.0. The van der Waals surface area contributed by atoms with E-state index in [1.807, 2.05) is 32.9 Å². The maximum Gasteiger partial charge on any atom is 0.191 e. The number of hydrogen-bond acceptors (Lipinski definition) is 4. The maximum atomic E-state index is 13.9. The molecule has 0 atom stereocenters. The smallest absolute Gasteiger partial charge is 0.191 e. The summed E-state index contributed by atoms with van der Waals surface area (Å²) in [6.45, 7) is 9.06. The van der Waals surface area contributed by atoms with Gasteiger partial charge in [0.1, 0.15) is 17.3 Å². The van der Waals surface area contributed by atoms with Crippen LogP contribution >= 0.6 is 24.0 Å². The summed E-state index contributed by atoms with van der Waals surface area (Å²) in [5.41, 5.74) is 3.77. The molecule has 0 radical (unpaired) electrons. The van der Waals surface area contributed by atoms with Crippen molar-refractivity contribution >= 4 is 29.9 Å². The average Bonchev–Trinajstić information content (AvgIpc) is 2.73. The molecule has 0 fully saturated rings. The minimum atomic E-state index is -0.277. The van der Waals surface area contributed by atoms with Gasteiger partial charge in [0.15, 0.2) is 12.8 Å². The first-order valence-corrected chi connectivity index (χ1v) is 10.4. The molecule has 31 heavy (non-hydrogen) atoms. The number of fused-ring (bicyclic) bond motifs is 1. The zero-order valence-corrected chi connectivity index (χ0v) is 20.6. The molecule has 0 unspecified atom stereocenters. The number of benzene rings is 2. The fourth-order valence-corrected chi connectivity index (χ4v) is 3.35. The van der Waals surface area contributed by atoms with Crippen molar-refractivity contribution in [1.29, 1.82) is 0 Å². The van der Waals surface area contributed by atoms with Gasteiger partial charge in [-0.3, -0.25) is 0 Å². The van der Waals surface area contributed by atoms with E-state index in [2.05, 4.69) is 21.7 Å². The van der Waals surface area contributed by atoms with E-state index >= 15 is 0 Å². The lowest BCUT2D eigenvalue weighted by Crippen LogP contribution is -2.38. The van der Waals surface area contributed by atoms with Gasteiger partial charge in [0.25, 0.3) is 0 Å². The summed E-state index contributed by atoms with van der Waals surface area (Å²) >= 11 is 0. The summed E-state index contributed by atoms with van der Waals surface area (Å²) in [6, 6.07) is 9.13. The second-order valence-corrected chi connectivity index (χ2v) is 7.08. The Labute approximate surface area is 200 Å². The molecule has 2 aromatic carbocycles. The molecule has 1 aliphatic rings. The number of rotatable bonds is 8. The molecule has 1 heterocycles. The van der Waals surface area contributed by atoms with E-state index in [4.69, 9.17) is 14.2 Å². The van der Waals surface area contributed by atoms with Gasteiger partial charge in [0.2, 0.25) is 0 Å². The van der Waals surface area contributed by atoms with Gasteiger partial charge in [-0.1, -0.05) is 12.1 Å². The van der Waals surface area contributed by atoms with Crippen molar-refractivity contribution in [3.05, 3.63) is 58.4 Å². The molecular weight excluding hydrogens is 512 g/mol. The number of aliphatic imine (C=N–C) groups is 1. The maximum absolute atomic E-state index is 13.9. The Balaban J connectivity index is 0.00000341. The molecular formula is C23H31FIN3O3. The van der Waals surface area contributed by atoms with Gasteiger partial charge >= 0.3 is 0 Å². The Morgan fingerprint density at radius 3 is 2.77 bits per heavy atom. The van der Waals surface area contributed by atoms with E-state index in [0.29, 0.717) is 38.7 Å². The summed E-state index contributed by atoms with van der Waals surface area (Å²) < 4.78 is 30.5. The molecule has 0 amide bonds. The van der Waals surface area contributed by atoms with Gasteiger partial charge in [-0.2, -0.15) is 0 Å². The highest BCUT2D eigenvalue weighted by Gasteiger charge is 2.16. The first-order valence-electron chi connectivity index (χ1n) is 10.4. The van der Waals surface area contributed by atoms with E-state index in [1.165, 1.54) is 12.1 Å². The van der Waals surface area contributed by atoms with Crippen molar-refractivity contribution in [3.63, 3.8) is 0 Å². The molecule has 0 bridgehead atoms. The first-order chi connectivity index (χ1) is 14.6. The lowest BCUT2D eigenvalue weighted by atomic mass is 10.1. The molecule has 170 valence electrons. The average molecular weight is 543 g/mol. The molecule has 3 rings (SSSR count). The third-order valence-corrected chi connectivity index (χ3v) is 4.71. The van der Waals surface area contributed by atoms with Crippen LogP contribution in [-0.2, 0) is 24.3 Å². The highest BCUT2D eigenvalue weighted by molar-refractivity contribution is 14.0. The fraction of sp³-hybridized carbons (Fsp3) is 0.435. The number of nitrogens with zero attached hydrogens (tertiary/aromatic N) is 1. The lowest BCUT2D eigenvalue weighted by Gasteiger charge is -2.21. The van der Waals surface area contributed by atoms with Crippen LogP contribution in [0.1, 0.15) is 36.1 Å². The van der Waals surface area contributed by atoms with Crippen LogP contribution in [0.4, 0.5) is 4.39 Å². The Bertz CT molecular complexity index is 893. The number of hydrogen-bond donors (Lipinski definition) is 2. The molecule has 8 heteroatoms. The van der Waals surface area contributed by atoms with E-state index in [-0.39, 0.29) is 36.6 Å².